The minimum Gasteiger partial charge on any atom is -0.495 e. The quantitative estimate of drug-likeness (QED) is 0.708. The van der Waals surface area contributed by atoms with Gasteiger partial charge in [-0.15, -0.1) is 0 Å². The van der Waals surface area contributed by atoms with E-state index in [1.807, 2.05) is 24.3 Å². The number of halogens is 1. The Morgan fingerprint density at radius 1 is 1.29 bits per heavy atom. The summed E-state index contributed by atoms with van der Waals surface area (Å²) in [7, 11) is -3.06. The van der Waals surface area contributed by atoms with Crippen LogP contribution >= 0.6 is 11.6 Å². The second-order valence-electron chi connectivity index (χ2n) is 4.81. The first-order valence-corrected chi connectivity index (χ1v) is 8.58. The predicted octanol–water partition coefficient (Wildman–Crippen LogP) is 2.53. The Balaban J connectivity index is 0.000000505. The van der Waals surface area contributed by atoms with Crippen LogP contribution in [0.25, 0.3) is 10.8 Å². The third-order valence-corrected chi connectivity index (χ3v) is 3.31. The van der Waals surface area contributed by atoms with E-state index in [0.29, 0.717) is 17.3 Å². The second-order valence-corrected chi connectivity index (χ2v) is 6.11. The molecular formula is C15H18ClNO6S. The molecule has 0 atom stereocenters. The summed E-state index contributed by atoms with van der Waals surface area (Å²) in [6, 6.07) is 9.91. The van der Waals surface area contributed by atoms with E-state index < -0.39 is 10.4 Å². The van der Waals surface area contributed by atoms with Gasteiger partial charge in [0.15, 0.2) is 0 Å². The van der Waals surface area contributed by atoms with Gasteiger partial charge in [-0.1, -0.05) is 29.8 Å². The number of rotatable bonds is 4. The third kappa shape index (κ3) is 7.14. The van der Waals surface area contributed by atoms with Crippen LogP contribution in [-0.2, 0) is 21.6 Å². The highest BCUT2D eigenvalue weighted by atomic mass is 35.5. The fourth-order valence-corrected chi connectivity index (χ4v) is 2.34. The summed E-state index contributed by atoms with van der Waals surface area (Å²) < 4.78 is 36.8. The molecule has 2 rings (SSSR count). The van der Waals surface area contributed by atoms with Gasteiger partial charge in [0.1, 0.15) is 5.75 Å². The lowest BCUT2D eigenvalue weighted by molar-refractivity contribution is -0.118. The zero-order valence-electron chi connectivity index (χ0n) is 13.1. The summed E-state index contributed by atoms with van der Waals surface area (Å²) in [6.45, 7) is 2.14. The highest BCUT2D eigenvalue weighted by Crippen LogP contribution is 2.31. The number of carbonyl (C=O) groups excluding carboxylic acids is 1. The molecule has 7 nitrogen and oxygen atoms in total. The van der Waals surface area contributed by atoms with Gasteiger partial charge in [0.05, 0.1) is 12.1 Å². The molecule has 0 spiro atoms. The fraction of sp³-hybridized carbons (Fsp3) is 0.267. The summed E-state index contributed by atoms with van der Waals surface area (Å²) >= 11 is 6.12. The van der Waals surface area contributed by atoms with Gasteiger partial charge in [-0.25, -0.2) is 0 Å². The molecule has 9 heteroatoms. The Morgan fingerprint density at radius 2 is 1.92 bits per heavy atom. The summed E-state index contributed by atoms with van der Waals surface area (Å²) in [4.78, 5) is 10.9. The van der Waals surface area contributed by atoms with Gasteiger partial charge in [-0.2, -0.15) is 8.42 Å². The summed E-state index contributed by atoms with van der Waals surface area (Å²) in [5.74, 6) is 0.655. The van der Waals surface area contributed by atoms with E-state index >= 15 is 0 Å². The van der Waals surface area contributed by atoms with E-state index in [2.05, 4.69) is 11.4 Å². The largest absolute Gasteiger partial charge is 0.495 e. The molecule has 0 heterocycles. The Morgan fingerprint density at radius 3 is 2.46 bits per heavy atom. The van der Waals surface area contributed by atoms with Crippen molar-refractivity contribution in [1.29, 1.82) is 0 Å². The molecule has 2 aromatic rings. The first kappa shape index (κ1) is 20.2. The van der Waals surface area contributed by atoms with Crippen molar-refractivity contribution >= 4 is 38.7 Å². The van der Waals surface area contributed by atoms with Gasteiger partial charge in [-0.3, -0.25) is 13.9 Å². The Kier molecular flexibility index (Phi) is 7.43. The fourth-order valence-electron chi connectivity index (χ4n) is 2.09. The number of fused-ring (bicyclic) bond motifs is 1. The molecule has 0 aromatic heterocycles. The molecule has 0 radical (unpaired) electrons. The van der Waals surface area contributed by atoms with Crippen LogP contribution in [0.4, 0.5) is 0 Å². The van der Waals surface area contributed by atoms with Crippen LogP contribution in [0, 0.1) is 0 Å². The van der Waals surface area contributed by atoms with E-state index in [9.17, 15) is 4.79 Å². The molecule has 132 valence electrons. The van der Waals surface area contributed by atoms with E-state index in [-0.39, 0.29) is 5.91 Å². The van der Waals surface area contributed by atoms with Gasteiger partial charge < -0.3 is 10.1 Å². The Labute approximate surface area is 145 Å². The van der Waals surface area contributed by atoms with Crippen molar-refractivity contribution in [2.75, 3.05) is 13.7 Å². The van der Waals surface area contributed by atoms with Gasteiger partial charge in [-0.05, 0) is 34.9 Å². The average Bonchev–Trinajstić information content (AvgIpc) is 2.44. The molecule has 0 aliphatic carbocycles. The minimum atomic E-state index is -4.67. The van der Waals surface area contributed by atoms with Crippen LogP contribution in [0.2, 0.25) is 5.02 Å². The number of nitrogens with one attached hydrogen (secondary N) is 1. The highest BCUT2D eigenvalue weighted by molar-refractivity contribution is 7.79. The predicted molar refractivity (Wildman–Crippen MR) is 92.1 cm³/mol. The van der Waals surface area contributed by atoms with Crippen molar-refractivity contribution < 1.29 is 27.1 Å². The van der Waals surface area contributed by atoms with Crippen molar-refractivity contribution in [2.45, 2.75) is 13.3 Å². The van der Waals surface area contributed by atoms with Crippen molar-refractivity contribution in [3.8, 4) is 5.75 Å². The van der Waals surface area contributed by atoms with Crippen LogP contribution in [0.15, 0.2) is 30.3 Å². The third-order valence-electron chi connectivity index (χ3n) is 3.01. The zero-order valence-corrected chi connectivity index (χ0v) is 14.7. The maximum atomic E-state index is 10.9. The van der Waals surface area contributed by atoms with E-state index in [1.54, 1.807) is 7.11 Å². The first-order valence-electron chi connectivity index (χ1n) is 6.81. The molecule has 1 amide bonds. The summed E-state index contributed by atoms with van der Waals surface area (Å²) in [5.41, 5.74) is 1.17. The Bertz CT molecular complexity index is 814. The smallest absolute Gasteiger partial charge is 0.394 e. The molecule has 0 saturated heterocycles. The topological polar surface area (TPSA) is 113 Å². The number of hydrogen-bond donors (Lipinski definition) is 3. The number of hydrogen-bond acceptors (Lipinski definition) is 4. The number of amides is 1. The van der Waals surface area contributed by atoms with E-state index in [4.69, 9.17) is 33.9 Å². The van der Waals surface area contributed by atoms with Crippen molar-refractivity contribution in [1.82, 2.24) is 5.32 Å². The van der Waals surface area contributed by atoms with Crippen LogP contribution in [0.1, 0.15) is 12.5 Å². The molecule has 0 unspecified atom stereocenters. The maximum absolute atomic E-state index is 10.9. The lowest BCUT2D eigenvalue weighted by atomic mass is 10.0. The van der Waals surface area contributed by atoms with Gasteiger partial charge in [0.25, 0.3) is 0 Å². The molecule has 24 heavy (non-hydrogen) atoms. The van der Waals surface area contributed by atoms with E-state index in [1.165, 1.54) is 12.5 Å². The zero-order chi connectivity index (χ0) is 18.3. The highest BCUT2D eigenvalue weighted by Gasteiger charge is 2.07. The maximum Gasteiger partial charge on any atom is 0.394 e. The summed E-state index contributed by atoms with van der Waals surface area (Å²) in [5, 5.41) is 5.59. The molecular weight excluding hydrogens is 358 g/mol. The van der Waals surface area contributed by atoms with E-state index in [0.717, 1.165) is 17.2 Å². The van der Waals surface area contributed by atoms with Gasteiger partial charge in [0.2, 0.25) is 5.91 Å². The van der Waals surface area contributed by atoms with Crippen molar-refractivity contribution in [3.05, 3.63) is 40.9 Å². The lowest BCUT2D eigenvalue weighted by Crippen LogP contribution is -2.22. The molecule has 0 aliphatic rings. The van der Waals surface area contributed by atoms with Gasteiger partial charge >= 0.3 is 10.4 Å². The normalized spacial score (nSPS) is 10.7. The second kappa shape index (κ2) is 8.84. The summed E-state index contributed by atoms with van der Waals surface area (Å²) in [6.07, 6.45) is 0.779. The molecule has 0 aliphatic heterocycles. The van der Waals surface area contributed by atoms with Crippen LogP contribution in [-0.4, -0.2) is 37.1 Å². The Hall–Kier alpha value is -1.87. The first-order chi connectivity index (χ1) is 11.1. The standard InChI is InChI=1S/C15H16ClNO2.H2O4S/c1-10(18)17-7-6-11-4-3-5-12-8-14(16)15(19-2)9-13(11)12;1-5(2,3)4/h3-5,8-9H,6-7H2,1-2H3,(H,17,18);(H2,1,2,3,4). The molecule has 3 N–H and O–H groups in total. The van der Waals surface area contributed by atoms with Crippen LogP contribution in [0.3, 0.4) is 0 Å². The number of benzene rings is 2. The lowest BCUT2D eigenvalue weighted by Gasteiger charge is -2.10. The molecule has 2 aromatic carbocycles. The molecule has 0 saturated carbocycles. The molecule has 0 fully saturated rings. The number of ether oxygens (including phenoxy) is 1. The number of methoxy groups -OCH3 is 1. The van der Waals surface area contributed by atoms with Crippen LogP contribution in [0.5, 0.6) is 5.75 Å². The average molecular weight is 376 g/mol. The van der Waals surface area contributed by atoms with Crippen molar-refractivity contribution in [2.24, 2.45) is 0 Å². The monoisotopic (exact) mass is 375 g/mol. The minimum absolute atomic E-state index is 0.0131. The molecule has 0 bridgehead atoms. The van der Waals surface area contributed by atoms with Crippen LogP contribution < -0.4 is 10.1 Å². The van der Waals surface area contributed by atoms with Gasteiger partial charge in [0, 0.05) is 13.5 Å². The SMILES string of the molecule is COc1cc2c(CCNC(C)=O)cccc2cc1Cl.O=S(=O)(O)O. The van der Waals surface area contributed by atoms with Crippen molar-refractivity contribution in [3.63, 3.8) is 0 Å². The number of carbonyl (C=O) groups is 1.